The Bertz CT molecular complexity index is 1330. The van der Waals surface area contributed by atoms with Gasteiger partial charge in [0.25, 0.3) is 11.9 Å². The first-order chi connectivity index (χ1) is 16.5. The summed E-state index contributed by atoms with van der Waals surface area (Å²) in [5.41, 5.74) is 4.50. The number of carbonyl (C=O) groups excluding carboxylic acids is 1. The van der Waals surface area contributed by atoms with Crippen molar-refractivity contribution >= 4 is 16.8 Å². The Morgan fingerprint density at radius 1 is 1.12 bits per heavy atom. The topological polar surface area (TPSA) is 106 Å². The maximum atomic E-state index is 13.0. The third-order valence-electron chi connectivity index (χ3n) is 6.01. The SMILES string of the molecule is CCc1ccnc(-c2cnc(-n3nc(C(C)O)c4ccc(C(=O)N5CCOCC5)cc43)nc2)c1. The summed E-state index contributed by atoms with van der Waals surface area (Å²) >= 11 is 0. The van der Waals surface area contributed by atoms with Crippen LogP contribution in [0.3, 0.4) is 0 Å². The van der Waals surface area contributed by atoms with Crippen LogP contribution in [0.15, 0.2) is 48.9 Å². The van der Waals surface area contributed by atoms with Crippen LogP contribution in [0.1, 0.15) is 41.6 Å². The van der Waals surface area contributed by atoms with E-state index in [-0.39, 0.29) is 5.91 Å². The highest BCUT2D eigenvalue weighted by molar-refractivity contribution is 5.98. The molecule has 0 spiro atoms. The molecule has 1 unspecified atom stereocenters. The molecule has 5 rings (SSSR count). The number of hydrogen-bond acceptors (Lipinski definition) is 7. The average molecular weight is 459 g/mol. The van der Waals surface area contributed by atoms with Crippen LogP contribution in [-0.4, -0.2) is 66.9 Å². The molecular weight excluding hydrogens is 432 g/mol. The molecule has 1 aromatic carbocycles. The molecule has 1 saturated heterocycles. The fourth-order valence-corrected chi connectivity index (χ4v) is 4.10. The molecule has 1 atom stereocenters. The van der Waals surface area contributed by atoms with Crippen molar-refractivity contribution in [3.63, 3.8) is 0 Å². The molecule has 9 heteroatoms. The zero-order chi connectivity index (χ0) is 23.7. The van der Waals surface area contributed by atoms with E-state index in [1.807, 2.05) is 18.2 Å². The van der Waals surface area contributed by atoms with Gasteiger partial charge in [-0.05, 0) is 43.2 Å². The van der Waals surface area contributed by atoms with Crippen molar-refractivity contribution in [3.05, 3.63) is 65.7 Å². The first-order valence-electron chi connectivity index (χ1n) is 11.4. The minimum Gasteiger partial charge on any atom is -0.387 e. The average Bonchev–Trinajstić information content (AvgIpc) is 3.28. The Morgan fingerprint density at radius 3 is 2.59 bits per heavy atom. The molecule has 0 bridgehead atoms. The maximum Gasteiger partial charge on any atom is 0.254 e. The molecule has 1 aliphatic rings. The van der Waals surface area contributed by atoms with Crippen molar-refractivity contribution in [2.45, 2.75) is 26.4 Å². The standard InChI is InChI=1S/C25H26N6O3/c1-3-17-6-7-26-21(12-17)19-14-27-25(28-15-19)31-22-13-18(24(33)30-8-10-34-11-9-30)4-5-20(22)23(29-31)16(2)32/h4-7,12-16,32H,3,8-11H2,1-2H3. The van der Waals surface area contributed by atoms with E-state index in [2.05, 4.69) is 27.0 Å². The maximum absolute atomic E-state index is 13.0. The van der Waals surface area contributed by atoms with Gasteiger partial charge in [0.1, 0.15) is 0 Å². The number of morpholine rings is 1. The van der Waals surface area contributed by atoms with Gasteiger partial charge in [-0.2, -0.15) is 9.78 Å². The summed E-state index contributed by atoms with van der Waals surface area (Å²) < 4.78 is 6.94. The van der Waals surface area contributed by atoms with Crippen LogP contribution in [0, 0.1) is 0 Å². The number of fused-ring (bicyclic) bond motifs is 1. The monoisotopic (exact) mass is 458 g/mol. The highest BCUT2D eigenvalue weighted by atomic mass is 16.5. The Balaban J connectivity index is 1.54. The Morgan fingerprint density at radius 2 is 1.88 bits per heavy atom. The third kappa shape index (κ3) is 4.15. The van der Waals surface area contributed by atoms with Crippen LogP contribution in [0.4, 0.5) is 0 Å². The minimum atomic E-state index is -0.787. The molecule has 3 aromatic heterocycles. The van der Waals surface area contributed by atoms with Crippen molar-refractivity contribution in [2.24, 2.45) is 0 Å². The van der Waals surface area contributed by atoms with Crippen molar-refractivity contribution < 1.29 is 14.6 Å². The van der Waals surface area contributed by atoms with E-state index in [0.717, 1.165) is 23.1 Å². The quantitative estimate of drug-likeness (QED) is 0.490. The zero-order valence-corrected chi connectivity index (χ0v) is 19.2. The number of pyridine rings is 1. The van der Waals surface area contributed by atoms with E-state index < -0.39 is 6.10 Å². The van der Waals surface area contributed by atoms with Crippen LogP contribution >= 0.6 is 0 Å². The van der Waals surface area contributed by atoms with Gasteiger partial charge in [-0.3, -0.25) is 9.78 Å². The summed E-state index contributed by atoms with van der Waals surface area (Å²) in [6.07, 6.45) is 5.33. The van der Waals surface area contributed by atoms with Gasteiger partial charge in [0.05, 0.1) is 36.2 Å². The van der Waals surface area contributed by atoms with Crippen LogP contribution < -0.4 is 0 Å². The summed E-state index contributed by atoms with van der Waals surface area (Å²) in [6, 6.07) is 9.39. The summed E-state index contributed by atoms with van der Waals surface area (Å²) in [5, 5.41) is 15.6. The van der Waals surface area contributed by atoms with Gasteiger partial charge in [-0.1, -0.05) is 13.0 Å². The van der Waals surface area contributed by atoms with Gasteiger partial charge in [-0.25, -0.2) is 9.97 Å². The predicted molar refractivity (Wildman–Crippen MR) is 127 cm³/mol. The molecule has 174 valence electrons. The molecule has 1 N–H and O–H groups in total. The highest BCUT2D eigenvalue weighted by Crippen LogP contribution is 2.27. The minimum absolute atomic E-state index is 0.0605. The summed E-state index contributed by atoms with van der Waals surface area (Å²) in [7, 11) is 0. The van der Waals surface area contributed by atoms with Crippen LogP contribution in [0.5, 0.6) is 0 Å². The first-order valence-corrected chi connectivity index (χ1v) is 11.4. The van der Waals surface area contributed by atoms with Crippen LogP contribution in [-0.2, 0) is 11.2 Å². The molecule has 34 heavy (non-hydrogen) atoms. The van der Waals surface area contributed by atoms with Gasteiger partial charge in [0, 0.05) is 48.2 Å². The van der Waals surface area contributed by atoms with Crippen molar-refractivity contribution in [2.75, 3.05) is 26.3 Å². The Labute approximate surface area is 197 Å². The molecular formula is C25H26N6O3. The number of aliphatic hydroxyl groups excluding tert-OH is 1. The van der Waals surface area contributed by atoms with Crippen molar-refractivity contribution in [1.82, 2.24) is 29.6 Å². The molecule has 0 saturated carbocycles. The van der Waals surface area contributed by atoms with Crippen LogP contribution in [0.25, 0.3) is 28.1 Å². The fourth-order valence-electron chi connectivity index (χ4n) is 4.10. The van der Waals surface area contributed by atoms with Crippen LogP contribution in [0.2, 0.25) is 0 Å². The highest BCUT2D eigenvalue weighted by Gasteiger charge is 2.22. The second-order valence-electron chi connectivity index (χ2n) is 8.28. The summed E-state index contributed by atoms with van der Waals surface area (Å²) in [4.78, 5) is 28.3. The molecule has 0 radical (unpaired) electrons. The largest absolute Gasteiger partial charge is 0.387 e. The van der Waals surface area contributed by atoms with E-state index in [4.69, 9.17) is 4.74 Å². The molecule has 4 heterocycles. The summed E-state index contributed by atoms with van der Waals surface area (Å²) in [5.74, 6) is 0.290. The number of benzene rings is 1. The molecule has 4 aromatic rings. The van der Waals surface area contributed by atoms with E-state index in [0.29, 0.717) is 49.0 Å². The lowest BCUT2D eigenvalue weighted by atomic mass is 10.1. The van der Waals surface area contributed by atoms with Gasteiger partial charge in [0.2, 0.25) is 0 Å². The second-order valence-corrected chi connectivity index (χ2v) is 8.28. The van der Waals surface area contributed by atoms with Crippen molar-refractivity contribution in [3.8, 4) is 17.2 Å². The Kier molecular flexibility index (Phi) is 6.04. The molecule has 1 aliphatic heterocycles. The number of rotatable bonds is 5. The number of carbonyl (C=O) groups is 1. The van der Waals surface area contributed by atoms with E-state index in [1.54, 1.807) is 47.2 Å². The molecule has 1 fully saturated rings. The number of aryl methyl sites for hydroxylation is 1. The van der Waals surface area contributed by atoms with Gasteiger partial charge < -0.3 is 14.7 Å². The normalized spacial score (nSPS) is 15.0. The molecule has 9 nitrogen and oxygen atoms in total. The number of nitrogens with zero attached hydrogens (tertiary/aromatic N) is 6. The zero-order valence-electron chi connectivity index (χ0n) is 19.2. The van der Waals surface area contributed by atoms with E-state index >= 15 is 0 Å². The third-order valence-corrected chi connectivity index (χ3v) is 6.01. The smallest absolute Gasteiger partial charge is 0.254 e. The van der Waals surface area contributed by atoms with Crippen molar-refractivity contribution in [1.29, 1.82) is 0 Å². The van der Waals surface area contributed by atoms with Gasteiger partial charge >= 0.3 is 0 Å². The van der Waals surface area contributed by atoms with Gasteiger partial charge in [0.15, 0.2) is 0 Å². The number of hydrogen-bond donors (Lipinski definition) is 1. The summed E-state index contributed by atoms with van der Waals surface area (Å²) in [6.45, 7) is 5.96. The lowest BCUT2D eigenvalue weighted by Crippen LogP contribution is -2.40. The Hall–Kier alpha value is -3.69. The lowest BCUT2D eigenvalue weighted by Gasteiger charge is -2.26. The molecule has 0 aliphatic carbocycles. The number of amides is 1. The first kappa shape index (κ1) is 22.1. The predicted octanol–water partition coefficient (Wildman–Crippen LogP) is 2.97. The second kappa shape index (κ2) is 9.28. The number of ether oxygens (including phenoxy) is 1. The lowest BCUT2D eigenvalue weighted by molar-refractivity contribution is 0.0303. The van der Waals surface area contributed by atoms with E-state index in [1.165, 1.54) is 5.56 Å². The number of aliphatic hydroxyl groups is 1. The van der Waals surface area contributed by atoms with Gasteiger partial charge in [-0.15, -0.1) is 0 Å². The molecule has 1 amide bonds. The number of aromatic nitrogens is 5. The fraction of sp³-hybridized carbons (Fsp3) is 0.320. The van der Waals surface area contributed by atoms with E-state index in [9.17, 15) is 9.90 Å².